The van der Waals surface area contributed by atoms with Crippen LogP contribution in [0.15, 0.2) is 29.3 Å². The molecule has 2 aromatic heterocycles. The van der Waals surface area contributed by atoms with E-state index in [-0.39, 0.29) is 17.3 Å². The first-order chi connectivity index (χ1) is 10.0. The van der Waals surface area contributed by atoms with E-state index in [9.17, 15) is 8.42 Å². The Bertz CT molecular complexity index is 787. The molecule has 0 bridgehead atoms. The smallest absolute Gasteiger partial charge is 0.266 e. The molecule has 8 heteroatoms. The Morgan fingerprint density at radius 2 is 2.24 bits per heavy atom. The van der Waals surface area contributed by atoms with Crippen LogP contribution in [0, 0.1) is 18.8 Å². The number of aryl methyl sites for hydroxylation is 1. The van der Waals surface area contributed by atoms with E-state index in [0.717, 1.165) is 0 Å². The van der Waals surface area contributed by atoms with Crippen molar-refractivity contribution in [1.82, 2.24) is 15.2 Å². The average Bonchev–Trinajstić information content (AvgIpc) is 2.86. The van der Waals surface area contributed by atoms with Gasteiger partial charge in [-0.25, -0.2) is 13.4 Å². The van der Waals surface area contributed by atoms with Gasteiger partial charge in [-0.1, -0.05) is 12.0 Å². The Morgan fingerprint density at radius 3 is 2.90 bits per heavy atom. The van der Waals surface area contributed by atoms with Gasteiger partial charge in [0.1, 0.15) is 16.4 Å². The second kappa shape index (κ2) is 6.39. The van der Waals surface area contributed by atoms with Crippen LogP contribution in [0.3, 0.4) is 0 Å². The number of rotatable bonds is 4. The van der Waals surface area contributed by atoms with Gasteiger partial charge in [0.15, 0.2) is 0 Å². The fraction of sp³-hybridized carbons (Fsp3) is 0.231. The molecule has 0 fully saturated rings. The Hall–Kier alpha value is -2.37. The molecule has 0 saturated carbocycles. The molecule has 0 radical (unpaired) electrons. The second-order valence-corrected chi connectivity index (χ2v) is 5.80. The number of aromatic nitrogens is 3. The standard InChI is InChI=1S/C13H14N4O3S/c1-10-12(9-14-16-10)21(19,20)17-13-7-4-6-11(15-13)5-2-3-8-18/h4,6-7,9,18H,3,8H2,1H3,(H,14,16)(H,15,17). The summed E-state index contributed by atoms with van der Waals surface area (Å²) in [7, 11) is -3.74. The van der Waals surface area contributed by atoms with Crippen molar-refractivity contribution in [1.29, 1.82) is 0 Å². The summed E-state index contributed by atoms with van der Waals surface area (Å²) in [6.45, 7) is 1.59. The third kappa shape index (κ3) is 3.81. The lowest BCUT2D eigenvalue weighted by atomic mass is 10.3. The predicted octanol–water partition coefficient (Wildman–Crippen LogP) is 0.648. The Kier molecular flexibility index (Phi) is 4.57. The lowest BCUT2D eigenvalue weighted by Crippen LogP contribution is -2.14. The van der Waals surface area contributed by atoms with E-state index in [0.29, 0.717) is 17.8 Å². The van der Waals surface area contributed by atoms with Crippen LogP contribution in [-0.4, -0.2) is 35.3 Å². The summed E-state index contributed by atoms with van der Waals surface area (Å²) >= 11 is 0. The molecule has 7 nitrogen and oxygen atoms in total. The van der Waals surface area contributed by atoms with Gasteiger partial charge in [-0.15, -0.1) is 0 Å². The zero-order chi connectivity index (χ0) is 15.3. The van der Waals surface area contributed by atoms with Gasteiger partial charge in [0.05, 0.1) is 18.5 Å². The quantitative estimate of drug-likeness (QED) is 0.719. The van der Waals surface area contributed by atoms with Crippen molar-refractivity contribution in [3.8, 4) is 11.8 Å². The Labute approximate surface area is 122 Å². The number of H-pyrrole nitrogens is 1. The topological polar surface area (TPSA) is 108 Å². The summed E-state index contributed by atoms with van der Waals surface area (Å²) in [6.07, 6.45) is 1.58. The largest absolute Gasteiger partial charge is 0.395 e. The van der Waals surface area contributed by atoms with Gasteiger partial charge in [-0.3, -0.25) is 9.82 Å². The highest BCUT2D eigenvalue weighted by Crippen LogP contribution is 2.16. The molecule has 0 spiro atoms. The van der Waals surface area contributed by atoms with Gasteiger partial charge in [-0.2, -0.15) is 5.10 Å². The summed E-state index contributed by atoms with van der Waals surface area (Å²) in [5.74, 6) is 5.64. The first kappa shape index (κ1) is 15.0. The number of nitrogens with one attached hydrogen (secondary N) is 2. The van der Waals surface area contributed by atoms with E-state index in [2.05, 4.69) is 31.7 Å². The molecule has 0 aliphatic carbocycles. The summed E-state index contributed by atoms with van der Waals surface area (Å²) in [5.41, 5.74) is 0.869. The number of aliphatic hydroxyl groups excluding tert-OH is 1. The second-order valence-electron chi connectivity index (χ2n) is 4.15. The number of aliphatic hydroxyl groups is 1. The number of sulfonamides is 1. The molecule has 0 aliphatic rings. The van der Waals surface area contributed by atoms with Crippen LogP contribution in [0.2, 0.25) is 0 Å². The molecule has 0 unspecified atom stereocenters. The molecular weight excluding hydrogens is 292 g/mol. The van der Waals surface area contributed by atoms with Crippen molar-refractivity contribution in [2.45, 2.75) is 18.2 Å². The van der Waals surface area contributed by atoms with E-state index in [1.807, 2.05) is 0 Å². The third-order valence-electron chi connectivity index (χ3n) is 2.51. The zero-order valence-corrected chi connectivity index (χ0v) is 12.1. The van der Waals surface area contributed by atoms with Crippen LogP contribution >= 0.6 is 0 Å². The predicted molar refractivity (Wildman–Crippen MR) is 77.0 cm³/mol. The van der Waals surface area contributed by atoms with Crippen molar-refractivity contribution in [3.05, 3.63) is 35.8 Å². The fourth-order valence-corrected chi connectivity index (χ4v) is 2.71. The first-order valence-corrected chi connectivity index (χ1v) is 7.61. The number of pyridine rings is 1. The minimum atomic E-state index is -3.74. The van der Waals surface area contributed by atoms with Crippen LogP contribution in [0.1, 0.15) is 17.8 Å². The molecule has 2 aromatic rings. The highest BCUT2D eigenvalue weighted by atomic mass is 32.2. The molecule has 0 aromatic carbocycles. The van der Waals surface area contributed by atoms with Crippen molar-refractivity contribution in [3.63, 3.8) is 0 Å². The molecule has 3 N–H and O–H groups in total. The molecule has 0 atom stereocenters. The third-order valence-corrected chi connectivity index (χ3v) is 3.98. The molecule has 0 aliphatic heterocycles. The monoisotopic (exact) mass is 306 g/mol. The summed E-state index contributed by atoms with van der Waals surface area (Å²) in [4.78, 5) is 4.16. The minimum absolute atomic E-state index is 0.0287. The van der Waals surface area contributed by atoms with Crippen LogP contribution in [0.5, 0.6) is 0 Å². The van der Waals surface area contributed by atoms with Gasteiger partial charge >= 0.3 is 0 Å². The highest BCUT2D eigenvalue weighted by Gasteiger charge is 2.19. The van der Waals surface area contributed by atoms with Crippen molar-refractivity contribution < 1.29 is 13.5 Å². The van der Waals surface area contributed by atoms with Gasteiger partial charge in [-0.05, 0) is 25.0 Å². The summed E-state index contributed by atoms with van der Waals surface area (Å²) in [6, 6.07) is 4.84. The van der Waals surface area contributed by atoms with Crippen molar-refractivity contribution in [2.75, 3.05) is 11.3 Å². The maximum Gasteiger partial charge on any atom is 0.266 e. The Morgan fingerprint density at radius 1 is 1.43 bits per heavy atom. The Balaban J connectivity index is 2.23. The van der Waals surface area contributed by atoms with Crippen LogP contribution in [0.4, 0.5) is 5.82 Å². The fourth-order valence-electron chi connectivity index (χ4n) is 1.57. The van der Waals surface area contributed by atoms with Gasteiger partial charge in [0.25, 0.3) is 10.0 Å². The maximum absolute atomic E-state index is 12.2. The molecule has 0 amide bonds. The number of nitrogens with zero attached hydrogens (tertiary/aromatic N) is 2. The molecule has 0 saturated heterocycles. The van der Waals surface area contributed by atoms with E-state index in [1.54, 1.807) is 19.1 Å². The molecule has 110 valence electrons. The van der Waals surface area contributed by atoms with E-state index in [1.165, 1.54) is 12.3 Å². The van der Waals surface area contributed by atoms with E-state index < -0.39 is 10.0 Å². The SMILES string of the molecule is Cc1[nH]ncc1S(=O)(=O)Nc1cccc(C#CCCO)n1. The van der Waals surface area contributed by atoms with Gasteiger partial charge in [0, 0.05) is 6.42 Å². The zero-order valence-electron chi connectivity index (χ0n) is 11.3. The summed E-state index contributed by atoms with van der Waals surface area (Å²) in [5, 5.41) is 14.9. The van der Waals surface area contributed by atoms with Gasteiger partial charge in [0.2, 0.25) is 0 Å². The first-order valence-electron chi connectivity index (χ1n) is 6.12. The number of aromatic amines is 1. The van der Waals surface area contributed by atoms with Crippen LogP contribution in [0.25, 0.3) is 0 Å². The molecular formula is C13H14N4O3S. The minimum Gasteiger partial charge on any atom is -0.395 e. The molecule has 2 rings (SSSR count). The number of hydrogen-bond acceptors (Lipinski definition) is 5. The number of anilines is 1. The van der Waals surface area contributed by atoms with Crippen molar-refractivity contribution >= 4 is 15.8 Å². The lowest BCUT2D eigenvalue weighted by Gasteiger charge is -2.06. The maximum atomic E-state index is 12.2. The highest BCUT2D eigenvalue weighted by molar-refractivity contribution is 7.92. The molecule has 2 heterocycles. The molecule has 21 heavy (non-hydrogen) atoms. The van der Waals surface area contributed by atoms with Crippen LogP contribution < -0.4 is 4.72 Å². The van der Waals surface area contributed by atoms with E-state index in [4.69, 9.17) is 5.11 Å². The van der Waals surface area contributed by atoms with Gasteiger partial charge < -0.3 is 5.11 Å². The van der Waals surface area contributed by atoms with E-state index >= 15 is 0 Å². The average molecular weight is 306 g/mol. The van der Waals surface area contributed by atoms with Crippen LogP contribution in [-0.2, 0) is 10.0 Å². The summed E-state index contributed by atoms with van der Waals surface area (Å²) < 4.78 is 26.7. The normalized spacial score (nSPS) is 10.8. The lowest BCUT2D eigenvalue weighted by molar-refractivity contribution is 0.305. The van der Waals surface area contributed by atoms with Crippen molar-refractivity contribution in [2.24, 2.45) is 0 Å². The number of hydrogen-bond donors (Lipinski definition) is 3.